The molecular formula is C19H18ClN3O. The Morgan fingerprint density at radius 3 is 2.29 bits per heavy atom. The van der Waals surface area contributed by atoms with E-state index in [4.69, 9.17) is 11.6 Å². The number of rotatable bonds is 2. The van der Waals surface area contributed by atoms with Crippen LogP contribution in [-0.4, -0.2) is 36.3 Å². The molecule has 1 saturated heterocycles. The van der Waals surface area contributed by atoms with Crippen molar-refractivity contribution in [2.45, 2.75) is 0 Å². The minimum absolute atomic E-state index is 0.299. The predicted octanol–water partition coefficient (Wildman–Crippen LogP) is 3.92. The van der Waals surface area contributed by atoms with Crippen LogP contribution in [0.25, 0.3) is 10.8 Å². The molecule has 1 aliphatic rings. The van der Waals surface area contributed by atoms with E-state index in [0.717, 1.165) is 48.5 Å². The fourth-order valence-corrected chi connectivity index (χ4v) is 3.42. The molecule has 1 fully saturated rings. The number of phenolic OH excluding ortho intramolecular Hbond substituents is 1. The van der Waals surface area contributed by atoms with Crippen LogP contribution < -0.4 is 9.80 Å². The van der Waals surface area contributed by atoms with Gasteiger partial charge in [0, 0.05) is 37.3 Å². The van der Waals surface area contributed by atoms with Gasteiger partial charge >= 0.3 is 0 Å². The number of hydrogen-bond donors (Lipinski definition) is 1. The second-order valence-corrected chi connectivity index (χ2v) is 6.34. The molecule has 0 atom stereocenters. The summed E-state index contributed by atoms with van der Waals surface area (Å²) in [5, 5.41) is 12.1. The fraction of sp³-hybridized carbons (Fsp3) is 0.211. The van der Waals surface area contributed by atoms with Crippen LogP contribution in [0, 0.1) is 0 Å². The second-order valence-electron chi connectivity index (χ2n) is 5.98. The monoisotopic (exact) mass is 339 g/mol. The highest BCUT2D eigenvalue weighted by Gasteiger charge is 2.19. The summed E-state index contributed by atoms with van der Waals surface area (Å²) < 4.78 is 0. The predicted molar refractivity (Wildman–Crippen MR) is 99.3 cm³/mol. The van der Waals surface area contributed by atoms with Gasteiger partial charge in [-0.25, -0.2) is 4.98 Å². The summed E-state index contributed by atoms with van der Waals surface area (Å²) in [5.74, 6) is 1.23. The lowest BCUT2D eigenvalue weighted by atomic mass is 10.1. The van der Waals surface area contributed by atoms with Crippen molar-refractivity contribution in [3.63, 3.8) is 0 Å². The zero-order chi connectivity index (χ0) is 16.5. The van der Waals surface area contributed by atoms with Gasteiger partial charge in [0.2, 0.25) is 0 Å². The molecule has 0 spiro atoms. The zero-order valence-electron chi connectivity index (χ0n) is 13.2. The molecule has 0 radical (unpaired) electrons. The highest BCUT2D eigenvalue weighted by Crippen LogP contribution is 2.27. The standard InChI is InChI=1S/C19H18ClN3O/c20-19-17-4-2-1-3-14(17)13-18(21-19)23-11-9-22(10-12-23)15-5-7-16(24)8-6-15/h1-8,13,24H,9-12H2. The first-order valence-electron chi connectivity index (χ1n) is 8.05. The van der Waals surface area contributed by atoms with E-state index >= 15 is 0 Å². The van der Waals surface area contributed by atoms with E-state index in [1.807, 2.05) is 30.3 Å². The Kier molecular flexibility index (Phi) is 3.90. The summed E-state index contributed by atoms with van der Waals surface area (Å²) >= 11 is 6.35. The summed E-state index contributed by atoms with van der Waals surface area (Å²) in [6.07, 6.45) is 0. The number of aromatic hydroxyl groups is 1. The Hall–Kier alpha value is -2.46. The Bertz CT molecular complexity index is 858. The Balaban J connectivity index is 1.52. The molecule has 2 heterocycles. The maximum Gasteiger partial charge on any atom is 0.139 e. The molecule has 122 valence electrons. The Labute approximate surface area is 145 Å². The maximum absolute atomic E-state index is 9.41. The lowest BCUT2D eigenvalue weighted by Gasteiger charge is -2.36. The molecule has 0 unspecified atom stereocenters. The van der Waals surface area contributed by atoms with Crippen LogP contribution >= 0.6 is 11.6 Å². The first-order valence-corrected chi connectivity index (χ1v) is 8.43. The van der Waals surface area contributed by atoms with Crippen LogP contribution in [0.3, 0.4) is 0 Å². The number of halogens is 1. The smallest absolute Gasteiger partial charge is 0.139 e. The lowest BCUT2D eigenvalue weighted by Crippen LogP contribution is -2.46. The van der Waals surface area contributed by atoms with Crippen LogP contribution in [0.2, 0.25) is 5.15 Å². The summed E-state index contributed by atoms with van der Waals surface area (Å²) in [6.45, 7) is 3.61. The third-order valence-corrected chi connectivity index (χ3v) is 4.79. The number of nitrogens with zero attached hydrogens (tertiary/aromatic N) is 3. The van der Waals surface area contributed by atoms with Gasteiger partial charge in [-0.1, -0.05) is 35.9 Å². The first kappa shape index (κ1) is 15.1. The van der Waals surface area contributed by atoms with Crippen LogP contribution in [0.5, 0.6) is 5.75 Å². The molecule has 4 rings (SSSR count). The summed E-state index contributed by atoms with van der Waals surface area (Å²) in [4.78, 5) is 9.17. The quantitative estimate of drug-likeness (QED) is 0.718. The maximum atomic E-state index is 9.41. The molecular weight excluding hydrogens is 322 g/mol. The van der Waals surface area contributed by atoms with Gasteiger partial charge in [0.25, 0.3) is 0 Å². The highest BCUT2D eigenvalue weighted by molar-refractivity contribution is 6.34. The van der Waals surface area contributed by atoms with Gasteiger partial charge in [-0.2, -0.15) is 0 Å². The number of pyridine rings is 1. The summed E-state index contributed by atoms with van der Waals surface area (Å²) in [7, 11) is 0. The van der Waals surface area contributed by atoms with Crippen molar-refractivity contribution in [2.75, 3.05) is 36.0 Å². The summed E-state index contributed by atoms with van der Waals surface area (Å²) in [5.41, 5.74) is 1.14. The molecule has 5 heteroatoms. The Morgan fingerprint density at radius 1 is 0.875 bits per heavy atom. The number of piperazine rings is 1. The van der Waals surface area contributed by atoms with Gasteiger partial charge in [0.1, 0.15) is 16.7 Å². The Morgan fingerprint density at radius 2 is 1.54 bits per heavy atom. The van der Waals surface area contributed by atoms with E-state index in [-0.39, 0.29) is 0 Å². The van der Waals surface area contributed by atoms with Gasteiger partial charge in [-0.15, -0.1) is 0 Å². The van der Waals surface area contributed by atoms with Crippen molar-refractivity contribution < 1.29 is 5.11 Å². The third-order valence-electron chi connectivity index (χ3n) is 4.50. The van der Waals surface area contributed by atoms with Crippen LogP contribution in [-0.2, 0) is 0 Å². The van der Waals surface area contributed by atoms with Gasteiger partial charge in [0.05, 0.1) is 0 Å². The first-order chi connectivity index (χ1) is 11.7. The van der Waals surface area contributed by atoms with Crippen molar-refractivity contribution in [3.8, 4) is 5.75 Å². The SMILES string of the molecule is Oc1ccc(N2CCN(c3cc4ccccc4c(Cl)n3)CC2)cc1. The molecule has 1 aromatic heterocycles. The van der Waals surface area contributed by atoms with E-state index in [0.29, 0.717) is 10.9 Å². The van der Waals surface area contributed by atoms with E-state index in [1.165, 1.54) is 0 Å². The van der Waals surface area contributed by atoms with Crippen molar-refractivity contribution in [1.29, 1.82) is 0 Å². The summed E-state index contributed by atoms with van der Waals surface area (Å²) in [6, 6.07) is 17.5. The number of fused-ring (bicyclic) bond motifs is 1. The number of aromatic nitrogens is 1. The molecule has 24 heavy (non-hydrogen) atoms. The molecule has 2 aromatic carbocycles. The average Bonchev–Trinajstić information content (AvgIpc) is 2.62. The van der Waals surface area contributed by atoms with Crippen molar-refractivity contribution in [2.24, 2.45) is 0 Å². The topological polar surface area (TPSA) is 39.6 Å². The van der Waals surface area contributed by atoms with Crippen molar-refractivity contribution in [1.82, 2.24) is 4.98 Å². The third kappa shape index (κ3) is 2.85. The molecule has 0 aliphatic carbocycles. The molecule has 0 saturated carbocycles. The number of benzene rings is 2. The van der Waals surface area contributed by atoms with Crippen LogP contribution in [0.4, 0.5) is 11.5 Å². The van der Waals surface area contributed by atoms with Crippen molar-refractivity contribution in [3.05, 3.63) is 59.8 Å². The molecule has 0 amide bonds. The second kappa shape index (κ2) is 6.21. The van der Waals surface area contributed by atoms with E-state index < -0.39 is 0 Å². The van der Waals surface area contributed by atoms with Gasteiger partial charge < -0.3 is 14.9 Å². The van der Waals surface area contributed by atoms with Crippen LogP contribution in [0.15, 0.2) is 54.6 Å². The van der Waals surface area contributed by atoms with Crippen molar-refractivity contribution >= 4 is 33.9 Å². The minimum Gasteiger partial charge on any atom is -0.508 e. The van der Waals surface area contributed by atoms with E-state index in [1.54, 1.807) is 12.1 Å². The molecule has 1 aliphatic heterocycles. The zero-order valence-corrected chi connectivity index (χ0v) is 13.9. The number of anilines is 2. The fourth-order valence-electron chi connectivity index (χ4n) is 3.16. The largest absolute Gasteiger partial charge is 0.508 e. The van der Waals surface area contributed by atoms with Gasteiger partial charge in [-0.3, -0.25) is 0 Å². The van der Waals surface area contributed by atoms with Crippen LogP contribution in [0.1, 0.15) is 0 Å². The van der Waals surface area contributed by atoms with E-state index in [2.05, 4.69) is 26.9 Å². The lowest BCUT2D eigenvalue weighted by molar-refractivity contribution is 0.475. The molecule has 1 N–H and O–H groups in total. The molecule has 3 aromatic rings. The van der Waals surface area contributed by atoms with Gasteiger partial charge in [-0.05, 0) is 35.7 Å². The molecule has 0 bridgehead atoms. The minimum atomic E-state index is 0.299. The average molecular weight is 340 g/mol. The molecule has 4 nitrogen and oxygen atoms in total. The number of hydrogen-bond acceptors (Lipinski definition) is 4. The normalized spacial score (nSPS) is 15.0. The van der Waals surface area contributed by atoms with Gasteiger partial charge in [0.15, 0.2) is 0 Å². The number of phenols is 1. The van der Waals surface area contributed by atoms with E-state index in [9.17, 15) is 5.11 Å². The highest BCUT2D eigenvalue weighted by atomic mass is 35.5.